The molecule has 1 heterocycles. The third-order valence-electron chi connectivity index (χ3n) is 4.58. The minimum absolute atomic E-state index is 0.491. The first-order valence-electron chi connectivity index (χ1n) is 7.18. The molecule has 2 heteroatoms. The minimum atomic E-state index is 0.491. The Kier molecular flexibility index (Phi) is 4.26. The summed E-state index contributed by atoms with van der Waals surface area (Å²) >= 11 is 0. The highest BCUT2D eigenvalue weighted by molar-refractivity contribution is 4.93. The van der Waals surface area contributed by atoms with E-state index in [1.165, 1.54) is 51.7 Å². The lowest BCUT2D eigenvalue weighted by Gasteiger charge is -2.29. The molecule has 2 rings (SSSR count). The molecule has 2 aliphatic rings. The molecule has 0 aromatic carbocycles. The monoisotopic (exact) mass is 224 g/mol. The van der Waals surface area contributed by atoms with Crippen molar-refractivity contribution in [3.63, 3.8) is 0 Å². The largest absolute Gasteiger partial charge is 0.327 e. The summed E-state index contributed by atoms with van der Waals surface area (Å²) in [5.74, 6) is 2.58. The van der Waals surface area contributed by atoms with Crippen molar-refractivity contribution in [1.29, 1.82) is 0 Å². The van der Waals surface area contributed by atoms with Crippen molar-refractivity contribution in [1.82, 2.24) is 4.90 Å². The van der Waals surface area contributed by atoms with Crippen molar-refractivity contribution in [2.45, 2.75) is 52.0 Å². The van der Waals surface area contributed by atoms with Gasteiger partial charge in [-0.1, -0.05) is 26.7 Å². The Morgan fingerprint density at radius 2 is 2.12 bits per heavy atom. The number of nitrogens with zero attached hydrogens (tertiary/aromatic N) is 1. The molecule has 1 saturated carbocycles. The first-order valence-corrected chi connectivity index (χ1v) is 7.18. The van der Waals surface area contributed by atoms with Crippen LogP contribution in [0, 0.1) is 17.8 Å². The van der Waals surface area contributed by atoms with E-state index in [4.69, 9.17) is 5.73 Å². The van der Waals surface area contributed by atoms with Gasteiger partial charge >= 0.3 is 0 Å². The van der Waals surface area contributed by atoms with Crippen molar-refractivity contribution >= 4 is 0 Å². The second-order valence-corrected chi connectivity index (χ2v) is 6.13. The highest BCUT2D eigenvalue weighted by atomic mass is 15.2. The topological polar surface area (TPSA) is 29.3 Å². The molecule has 94 valence electrons. The maximum absolute atomic E-state index is 6.24. The number of likely N-dealkylation sites (tertiary alicyclic amines) is 1. The van der Waals surface area contributed by atoms with Gasteiger partial charge in [-0.15, -0.1) is 0 Å². The van der Waals surface area contributed by atoms with Crippen molar-refractivity contribution in [2.75, 3.05) is 19.6 Å². The predicted octanol–water partition coefficient (Wildman–Crippen LogP) is 2.48. The fourth-order valence-corrected chi connectivity index (χ4v) is 3.78. The Morgan fingerprint density at radius 1 is 1.31 bits per heavy atom. The zero-order valence-corrected chi connectivity index (χ0v) is 11.0. The standard InChI is InChI=1S/C14H28N2/c1-3-5-11(2)8-16-9-12-6-4-7-14(15)13(12)10-16/h11-14H,3-10,15H2,1-2H3. The van der Waals surface area contributed by atoms with E-state index in [0.717, 1.165) is 17.8 Å². The lowest BCUT2D eigenvalue weighted by molar-refractivity contribution is 0.256. The van der Waals surface area contributed by atoms with E-state index >= 15 is 0 Å². The van der Waals surface area contributed by atoms with Crippen LogP contribution in [0.2, 0.25) is 0 Å². The van der Waals surface area contributed by atoms with Gasteiger partial charge < -0.3 is 10.6 Å². The number of nitrogens with two attached hydrogens (primary N) is 1. The van der Waals surface area contributed by atoms with Gasteiger partial charge in [0.25, 0.3) is 0 Å². The Morgan fingerprint density at radius 3 is 2.81 bits per heavy atom. The van der Waals surface area contributed by atoms with E-state index in [2.05, 4.69) is 18.7 Å². The molecule has 4 unspecified atom stereocenters. The molecule has 0 spiro atoms. The van der Waals surface area contributed by atoms with Crippen LogP contribution in [-0.4, -0.2) is 30.6 Å². The fourth-order valence-electron chi connectivity index (χ4n) is 3.78. The molecule has 2 N–H and O–H groups in total. The van der Waals surface area contributed by atoms with E-state index in [1.54, 1.807) is 0 Å². The van der Waals surface area contributed by atoms with Gasteiger partial charge in [-0.3, -0.25) is 0 Å². The van der Waals surface area contributed by atoms with Crippen LogP contribution in [0.4, 0.5) is 0 Å². The van der Waals surface area contributed by atoms with Gasteiger partial charge in [0.05, 0.1) is 0 Å². The lowest BCUT2D eigenvalue weighted by atomic mass is 9.78. The third kappa shape index (κ3) is 2.78. The normalized spacial score (nSPS) is 37.3. The van der Waals surface area contributed by atoms with Crippen LogP contribution in [0.3, 0.4) is 0 Å². The Bertz CT molecular complexity index is 217. The average Bonchev–Trinajstić information content (AvgIpc) is 2.62. The summed E-state index contributed by atoms with van der Waals surface area (Å²) < 4.78 is 0. The highest BCUT2D eigenvalue weighted by Gasteiger charge is 2.38. The second kappa shape index (κ2) is 5.50. The van der Waals surface area contributed by atoms with E-state index in [1.807, 2.05) is 0 Å². The van der Waals surface area contributed by atoms with Crippen LogP contribution >= 0.6 is 0 Å². The smallest absolute Gasteiger partial charge is 0.00825 e. The number of rotatable bonds is 4. The fraction of sp³-hybridized carbons (Fsp3) is 1.00. The number of hydrogen-bond donors (Lipinski definition) is 1. The molecular weight excluding hydrogens is 196 g/mol. The minimum Gasteiger partial charge on any atom is -0.327 e. The molecule has 0 amide bonds. The van der Waals surface area contributed by atoms with Gasteiger partial charge in [-0.05, 0) is 37.0 Å². The van der Waals surface area contributed by atoms with Crippen LogP contribution in [0.15, 0.2) is 0 Å². The molecule has 0 bridgehead atoms. The van der Waals surface area contributed by atoms with Crippen LogP contribution < -0.4 is 5.73 Å². The van der Waals surface area contributed by atoms with Crippen LogP contribution in [0.25, 0.3) is 0 Å². The Balaban J connectivity index is 1.82. The lowest BCUT2D eigenvalue weighted by Crippen LogP contribution is -2.38. The van der Waals surface area contributed by atoms with E-state index in [-0.39, 0.29) is 0 Å². The SMILES string of the molecule is CCCC(C)CN1CC2CCCC(N)C2C1. The quantitative estimate of drug-likeness (QED) is 0.795. The molecule has 2 fully saturated rings. The van der Waals surface area contributed by atoms with Crippen molar-refractivity contribution in [2.24, 2.45) is 23.5 Å². The second-order valence-electron chi connectivity index (χ2n) is 6.13. The van der Waals surface area contributed by atoms with Crippen LogP contribution in [0.5, 0.6) is 0 Å². The zero-order valence-electron chi connectivity index (χ0n) is 11.0. The summed E-state index contributed by atoms with van der Waals surface area (Å²) in [7, 11) is 0. The zero-order chi connectivity index (χ0) is 11.5. The van der Waals surface area contributed by atoms with Crippen molar-refractivity contribution in [3.8, 4) is 0 Å². The maximum Gasteiger partial charge on any atom is 0.00825 e. The van der Waals surface area contributed by atoms with Gasteiger partial charge in [0.1, 0.15) is 0 Å². The van der Waals surface area contributed by atoms with Crippen molar-refractivity contribution in [3.05, 3.63) is 0 Å². The van der Waals surface area contributed by atoms with E-state index in [9.17, 15) is 0 Å². The van der Waals surface area contributed by atoms with Crippen LogP contribution in [-0.2, 0) is 0 Å². The molecule has 1 aliphatic heterocycles. The van der Waals surface area contributed by atoms with E-state index < -0.39 is 0 Å². The first kappa shape index (κ1) is 12.4. The van der Waals surface area contributed by atoms with Gasteiger partial charge in [0.15, 0.2) is 0 Å². The molecule has 0 aromatic rings. The summed E-state index contributed by atoms with van der Waals surface area (Å²) in [5, 5.41) is 0. The summed E-state index contributed by atoms with van der Waals surface area (Å²) in [5.41, 5.74) is 6.24. The van der Waals surface area contributed by atoms with Gasteiger partial charge in [-0.25, -0.2) is 0 Å². The highest BCUT2D eigenvalue weighted by Crippen LogP contribution is 2.35. The average molecular weight is 224 g/mol. The Hall–Kier alpha value is -0.0800. The molecule has 4 atom stereocenters. The molecule has 0 aromatic heterocycles. The molecular formula is C14H28N2. The molecule has 2 nitrogen and oxygen atoms in total. The van der Waals surface area contributed by atoms with E-state index in [0.29, 0.717) is 6.04 Å². The predicted molar refractivity (Wildman–Crippen MR) is 69.3 cm³/mol. The van der Waals surface area contributed by atoms with Crippen LogP contribution in [0.1, 0.15) is 46.0 Å². The molecule has 1 saturated heterocycles. The Labute approximate surface area is 101 Å². The van der Waals surface area contributed by atoms with Gasteiger partial charge in [0.2, 0.25) is 0 Å². The first-order chi connectivity index (χ1) is 7.70. The summed E-state index contributed by atoms with van der Waals surface area (Å²) in [6.45, 7) is 8.58. The van der Waals surface area contributed by atoms with Crippen molar-refractivity contribution < 1.29 is 0 Å². The number of hydrogen-bond acceptors (Lipinski definition) is 2. The molecule has 1 aliphatic carbocycles. The van der Waals surface area contributed by atoms with Gasteiger partial charge in [-0.2, -0.15) is 0 Å². The summed E-state index contributed by atoms with van der Waals surface area (Å²) in [4.78, 5) is 2.68. The summed E-state index contributed by atoms with van der Waals surface area (Å²) in [6.07, 6.45) is 6.75. The maximum atomic E-state index is 6.24. The number of fused-ring (bicyclic) bond motifs is 1. The third-order valence-corrected chi connectivity index (χ3v) is 4.58. The van der Waals surface area contributed by atoms with Gasteiger partial charge in [0, 0.05) is 25.7 Å². The summed E-state index contributed by atoms with van der Waals surface area (Å²) in [6, 6.07) is 0.491. The molecule has 16 heavy (non-hydrogen) atoms. The molecule has 0 radical (unpaired) electrons.